The van der Waals surface area contributed by atoms with Gasteiger partial charge in [0, 0.05) is 23.2 Å². The third-order valence-electron chi connectivity index (χ3n) is 5.23. The van der Waals surface area contributed by atoms with Gasteiger partial charge in [0.15, 0.2) is 0 Å². The molecular weight excluding hydrogens is 430 g/mol. The molecule has 7 heteroatoms. The topological polar surface area (TPSA) is 99.0 Å². The molecule has 0 amide bonds. The van der Waals surface area contributed by atoms with Gasteiger partial charge >= 0.3 is 5.97 Å². The molecule has 168 valence electrons. The van der Waals surface area contributed by atoms with Crippen molar-refractivity contribution < 1.29 is 24.9 Å². The number of carbonyl (C=O) groups is 1. The molecular formula is C25H26ClNO5. The highest BCUT2D eigenvalue weighted by molar-refractivity contribution is 6.33. The largest absolute Gasteiger partial charge is 0.508 e. The van der Waals surface area contributed by atoms with Gasteiger partial charge in [-0.15, -0.1) is 0 Å². The average molecular weight is 456 g/mol. The molecule has 0 fully saturated rings. The van der Waals surface area contributed by atoms with Gasteiger partial charge in [0.1, 0.15) is 18.1 Å². The Bertz CT molecular complexity index is 1080. The number of benzene rings is 3. The lowest BCUT2D eigenvalue weighted by atomic mass is 10.0. The van der Waals surface area contributed by atoms with Gasteiger partial charge in [0.25, 0.3) is 0 Å². The van der Waals surface area contributed by atoms with Gasteiger partial charge in [-0.1, -0.05) is 29.8 Å². The van der Waals surface area contributed by atoms with Crippen molar-refractivity contribution in [2.45, 2.75) is 26.0 Å². The van der Waals surface area contributed by atoms with Gasteiger partial charge in [-0.05, 0) is 73.0 Å². The maximum Gasteiger partial charge on any atom is 0.335 e. The van der Waals surface area contributed by atoms with Crippen LogP contribution < -0.4 is 10.1 Å². The number of aromatic carboxylic acids is 1. The lowest BCUT2D eigenvalue weighted by molar-refractivity contribution is 0.0697. The molecule has 0 saturated carbocycles. The van der Waals surface area contributed by atoms with Crippen molar-refractivity contribution in [2.75, 3.05) is 13.2 Å². The minimum atomic E-state index is -1.00. The van der Waals surface area contributed by atoms with Gasteiger partial charge in [0.05, 0.1) is 11.7 Å². The number of hydrogen-bond donors (Lipinski definition) is 4. The normalized spacial score (nSPS) is 12.9. The first-order chi connectivity index (χ1) is 15.3. The number of phenols is 1. The predicted octanol–water partition coefficient (Wildman–Crippen LogP) is 4.81. The quantitative estimate of drug-likeness (QED) is 0.345. The molecule has 3 aromatic carbocycles. The number of ether oxygens (including phenoxy) is 1. The molecule has 6 nitrogen and oxygen atoms in total. The number of aryl methyl sites for hydroxylation is 1. The van der Waals surface area contributed by atoms with Crippen molar-refractivity contribution in [2.24, 2.45) is 0 Å². The average Bonchev–Trinajstić information content (AvgIpc) is 2.77. The first-order valence-electron chi connectivity index (χ1n) is 10.2. The van der Waals surface area contributed by atoms with E-state index in [2.05, 4.69) is 5.32 Å². The number of nitrogens with one attached hydrogen (secondary N) is 1. The molecule has 0 bridgehead atoms. The molecule has 0 aromatic heterocycles. The van der Waals surface area contributed by atoms with E-state index in [0.29, 0.717) is 29.5 Å². The number of aromatic hydroxyl groups is 1. The molecule has 3 rings (SSSR count). The van der Waals surface area contributed by atoms with Gasteiger partial charge in [-0.3, -0.25) is 0 Å². The van der Waals surface area contributed by atoms with Crippen molar-refractivity contribution in [1.29, 1.82) is 0 Å². The highest BCUT2D eigenvalue weighted by Crippen LogP contribution is 2.32. The fourth-order valence-corrected chi connectivity index (χ4v) is 3.60. The first-order valence-corrected chi connectivity index (χ1v) is 10.6. The van der Waals surface area contributed by atoms with Crippen molar-refractivity contribution in [1.82, 2.24) is 5.32 Å². The van der Waals surface area contributed by atoms with Gasteiger partial charge in [-0.2, -0.15) is 0 Å². The summed E-state index contributed by atoms with van der Waals surface area (Å²) < 4.78 is 5.87. The van der Waals surface area contributed by atoms with E-state index in [9.17, 15) is 20.1 Å². The van der Waals surface area contributed by atoms with E-state index in [1.54, 1.807) is 36.4 Å². The Morgan fingerprint density at radius 3 is 2.47 bits per heavy atom. The maximum atomic E-state index is 11.3. The molecule has 0 spiro atoms. The Labute approximate surface area is 192 Å². The summed E-state index contributed by atoms with van der Waals surface area (Å²) in [5.74, 6) is -0.127. The molecule has 0 heterocycles. The summed E-state index contributed by atoms with van der Waals surface area (Å²) in [5, 5.41) is 32.7. The Hall–Kier alpha value is -3.06. The van der Waals surface area contributed by atoms with Crippen LogP contribution in [0, 0.1) is 6.92 Å². The molecule has 3 aromatic rings. The molecule has 0 radical (unpaired) electrons. The zero-order valence-electron chi connectivity index (χ0n) is 17.9. The van der Waals surface area contributed by atoms with E-state index >= 15 is 0 Å². The molecule has 0 aliphatic carbocycles. The van der Waals surface area contributed by atoms with Crippen LogP contribution in [0.25, 0.3) is 11.1 Å². The van der Waals surface area contributed by atoms with Crippen LogP contribution in [0.4, 0.5) is 0 Å². The van der Waals surface area contributed by atoms with Crippen molar-refractivity contribution in [3.05, 3.63) is 82.4 Å². The predicted molar refractivity (Wildman–Crippen MR) is 125 cm³/mol. The second kappa shape index (κ2) is 10.5. The second-order valence-corrected chi connectivity index (χ2v) is 8.01. The standard InChI is InChI=1S/C25H26ClNO5/c1-15-13-18(21-14-19(25(30)31)5-9-22(21)26)6-10-23(15)32-12-11-27-16(2)24(29)17-3-7-20(28)8-4-17/h3-10,13-14,16,24,27-29H,11-12H2,1-2H3,(H,30,31)/t16-,24-/m1/s1. The van der Waals surface area contributed by atoms with E-state index in [1.165, 1.54) is 6.07 Å². The number of rotatable bonds is 9. The lowest BCUT2D eigenvalue weighted by Gasteiger charge is -2.21. The first kappa shape index (κ1) is 23.6. The van der Waals surface area contributed by atoms with Crippen LogP contribution >= 0.6 is 11.6 Å². The monoisotopic (exact) mass is 455 g/mol. The smallest absolute Gasteiger partial charge is 0.335 e. The number of aliphatic hydroxyl groups is 1. The lowest BCUT2D eigenvalue weighted by Crippen LogP contribution is -2.35. The Balaban J connectivity index is 1.57. The zero-order chi connectivity index (χ0) is 23.3. The number of carboxylic acid groups (broad SMARTS) is 1. The van der Waals surface area contributed by atoms with Gasteiger partial charge in [-0.25, -0.2) is 4.79 Å². The van der Waals surface area contributed by atoms with E-state index in [1.807, 2.05) is 32.0 Å². The van der Waals surface area contributed by atoms with Crippen LogP contribution in [-0.4, -0.2) is 40.5 Å². The van der Waals surface area contributed by atoms with Gasteiger partial charge in [0.2, 0.25) is 0 Å². The minimum Gasteiger partial charge on any atom is -0.508 e. The summed E-state index contributed by atoms with van der Waals surface area (Å²) in [6.07, 6.45) is -0.706. The number of halogens is 1. The Morgan fingerprint density at radius 1 is 1.09 bits per heavy atom. The number of carboxylic acids is 1. The van der Waals surface area contributed by atoms with Crippen LogP contribution in [-0.2, 0) is 0 Å². The molecule has 0 saturated heterocycles. The van der Waals surface area contributed by atoms with Crippen LogP contribution in [0.2, 0.25) is 5.02 Å². The summed E-state index contributed by atoms with van der Waals surface area (Å²) >= 11 is 6.27. The summed E-state index contributed by atoms with van der Waals surface area (Å²) in [4.78, 5) is 11.3. The summed E-state index contributed by atoms with van der Waals surface area (Å²) in [5.41, 5.74) is 3.26. The number of phenolic OH excluding ortho intramolecular Hbond substituents is 1. The van der Waals surface area contributed by atoms with Crippen LogP contribution in [0.1, 0.15) is 34.5 Å². The van der Waals surface area contributed by atoms with Gasteiger partial charge < -0.3 is 25.4 Å². The number of hydrogen-bond acceptors (Lipinski definition) is 5. The second-order valence-electron chi connectivity index (χ2n) is 7.61. The Kier molecular flexibility index (Phi) is 7.75. The molecule has 0 aliphatic rings. The Morgan fingerprint density at radius 2 is 1.81 bits per heavy atom. The molecule has 2 atom stereocenters. The maximum absolute atomic E-state index is 11.3. The SMILES string of the molecule is Cc1cc(-c2cc(C(=O)O)ccc2Cl)ccc1OCCN[C@H](C)[C@@H](O)c1ccc(O)cc1. The third-order valence-corrected chi connectivity index (χ3v) is 5.56. The van der Waals surface area contributed by atoms with E-state index in [4.69, 9.17) is 16.3 Å². The zero-order valence-corrected chi connectivity index (χ0v) is 18.6. The molecule has 0 aliphatic heterocycles. The molecule has 4 N–H and O–H groups in total. The fourth-order valence-electron chi connectivity index (χ4n) is 3.38. The number of aliphatic hydroxyl groups excluding tert-OH is 1. The van der Waals surface area contributed by atoms with Crippen LogP contribution in [0.3, 0.4) is 0 Å². The van der Waals surface area contributed by atoms with E-state index < -0.39 is 12.1 Å². The minimum absolute atomic E-state index is 0.160. The summed E-state index contributed by atoms with van der Waals surface area (Å²) in [6, 6.07) is 16.5. The van der Waals surface area contributed by atoms with E-state index in [-0.39, 0.29) is 17.4 Å². The van der Waals surface area contributed by atoms with Crippen molar-refractivity contribution in [3.8, 4) is 22.6 Å². The summed E-state index contributed by atoms with van der Waals surface area (Å²) in [7, 11) is 0. The van der Waals surface area contributed by atoms with Crippen LogP contribution in [0.5, 0.6) is 11.5 Å². The highest BCUT2D eigenvalue weighted by Gasteiger charge is 2.16. The van der Waals surface area contributed by atoms with E-state index in [0.717, 1.165) is 16.7 Å². The molecule has 0 unspecified atom stereocenters. The van der Waals surface area contributed by atoms with Crippen LogP contribution in [0.15, 0.2) is 60.7 Å². The van der Waals surface area contributed by atoms with Crippen molar-refractivity contribution >= 4 is 17.6 Å². The van der Waals surface area contributed by atoms with Crippen molar-refractivity contribution in [3.63, 3.8) is 0 Å². The third kappa shape index (κ3) is 5.79. The summed E-state index contributed by atoms with van der Waals surface area (Å²) in [6.45, 7) is 4.73. The fraction of sp³-hybridized carbons (Fsp3) is 0.240. The highest BCUT2D eigenvalue weighted by atomic mass is 35.5. The molecule has 32 heavy (non-hydrogen) atoms.